The van der Waals surface area contributed by atoms with Crippen molar-refractivity contribution in [1.29, 1.82) is 0 Å². The molecule has 2 atom stereocenters. The molecule has 0 spiro atoms. The maximum absolute atomic E-state index is 2.66. The highest BCUT2D eigenvalue weighted by atomic mass is 14.6. The van der Waals surface area contributed by atoms with Gasteiger partial charge in [0.2, 0.25) is 0 Å². The van der Waals surface area contributed by atoms with Gasteiger partial charge in [0, 0.05) is 0 Å². The largest absolute Gasteiger partial charge is 0.0885 e. The normalized spacial score (nSPS) is 33.2. The van der Waals surface area contributed by atoms with E-state index in [2.05, 4.69) is 65.8 Å². The first-order chi connectivity index (χ1) is 10.1. The average molecular weight is 303 g/mol. The molecule has 0 saturated carbocycles. The molecule has 0 aromatic rings. The molecule has 0 saturated heterocycles. The van der Waals surface area contributed by atoms with E-state index in [0.717, 1.165) is 0 Å². The van der Waals surface area contributed by atoms with Crippen LogP contribution in [0.25, 0.3) is 0 Å². The van der Waals surface area contributed by atoms with E-state index in [1.54, 1.807) is 0 Å². The summed E-state index contributed by atoms with van der Waals surface area (Å²) in [6.45, 7) is 14.6. The molecular formula is C22H38. The van der Waals surface area contributed by atoms with E-state index in [1.165, 1.54) is 51.4 Å². The minimum atomic E-state index is 0.397. The highest BCUT2D eigenvalue weighted by Gasteiger charge is 2.51. The lowest BCUT2D eigenvalue weighted by molar-refractivity contribution is -0.0176. The lowest BCUT2D eigenvalue weighted by atomic mass is 9.48. The van der Waals surface area contributed by atoms with Gasteiger partial charge in [-0.25, -0.2) is 0 Å². The molecule has 126 valence electrons. The fourth-order valence-electron chi connectivity index (χ4n) is 5.34. The van der Waals surface area contributed by atoms with Gasteiger partial charge in [-0.2, -0.15) is 0 Å². The SMILES string of the molecule is CC(C)(C)CC1(C2(CC(C)(C)C)CC=CCC2)C=CCCC1. The smallest absolute Gasteiger partial charge is 0.00535 e. The maximum atomic E-state index is 2.66. The maximum Gasteiger partial charge on any atom is -0.00535 e. The second-order valence-corrected chi connectivity index (χ2v) is 10.4. The van der Waals surface area contributed by atoms with E-state index >= 15 is 0 Å². The molecule has 2 aliphatic rings. The molecule has 0 heteroatoms. The monoisotopic (exact) mass is 302 g/mol. The van der Waals surface area contributed by atoms with Gasteiger partial charge >= 0.3 is 0 Å². The third-order valence-corrected chi connectivity index (χ3v) is 5.67. The van der Waals surface area contributed by atoms with E-state index in [4.69, 9.17) is 0 Å². The Balaban J connectivity index is 2.46. The van der Waals surface area contributed by atoms with Crippen LogP contribution < -0.4 is 0 Å². The van der Waals surface area contributed by atoms with Crippen LogP contribution in [-0.4, -0.2) is 0 Å². The van der Waals surface area contributed by atoms with E-state index in [1.807, 2.05) is 0 Å². The van der Waals surface area contributed by atoms with Crippen LogP contribution in [0.5, 0.6) is 0 Å². The summed E-state index contributed by atoms with van der Waals surface area (Å²) in [5.74, 6) is 0. The minimum Gasteiger partial charge on any atom is -0.0885 e. The Kier molecular flexibility index (Phi) is 5.00. The van der Waals surface area contributed by atoms with Crippen LogP contribution in [0.3, 0.4) is 0 Å². The molecule has 0 heterocycles. The summed E-state index contributed by atoms with van der Waals surface area (Å²) < 4.78 is 0. The average Bonchev–Trinajstić information content (AvgIpc) is 2.36. The molecule has 0 bridgehead atoms. The van der Waals surface area contributed by atoms with E-state index in [0.29, 0.717) is 21.7 Å². The summed E-state index contributed by atoms with van der Waals surface area (Å²) in [6, 6.07) is 0. The molecule has 0 fully saturated rings. The van der Waals surface area contributed by atoms with Crippen LogP contribution in [0.1, 0.15) is 92.9 Å². The molecule has 0 aliphatic heterocycles. The molecule has 0 nitrogen and oxygen atoms in total. The number of allylic oxidation sites excluding steroid dienone is 4. The fraction of sp³-hybridized carbons (Fsp3) is 0.818. The zero-order chi connectivity index (χ0) is 16.5. The van der Waals surface area contributed by atoms with Gasteiger partial charge in [0.05, 0.1) is 0 Å². The summed E-state index contributed by atoms with van der Waals surface area (Å²) >= 11 is 0. The fourth-order valence-corrected chi connectivity index (χ4v) is 5.34. The Morgan fingerprint density at radius 1 is 0.773 bits per heavy atom. The Bertz CT molecular complexity index is 426. The lowest BCUT2D eigenvalue weighted by Gasteiger charge is -2.56. The van der Waals surface area contributed by atoms with Crippen LogP contribution in [0.4, 0.5) is 0 Å². The summed E-state index contributed by atoms with van der Waals surface area (Å²) in [5.41, 5.74) is 1.67. The topological polar surface area (TPSA) is 0 Å². The zero-order valence-electron chi connectivity index (χ0n) is 16.0. The second-order valence-electron chi connectivity index (χ2n) is 10.4. The van der Waals surface area contributed by atoms with E-state index in [-0.39, 0.29) is 0 Å². The summed E-state index contributed by atoms with van der Waals surface area (Å²) in [6.07, 6.45) is 20.7. The minimum absolute atomic E-state index is 0.397. The predicted octanol–water partition coefficient (Wildman–Crippen LogP) is 7.31. The Morgan fingerprint density at radius 3 is 1.91 bits per heavy atom. The first-order valence-corrected chi connectivity index (χ1v) is 9.40. The molecule has 0 radical (unpaired) electrons. The van der Waals surface area contributed by atoms with Gasteiger partial charge in [-0.15, -0.1) is 0 Å². The van der Waals surface area contributed by atoms with Crippen molar-refractivity contribution in [3.05, 3.63) is 24.3 Å². The van der Waals surface area contributed by atoms with Crippen molar-refractivity contribution in [3.63, 3.8) is 0 Å². The van der Waals surface area contributed by atoms with Crippen LogP contribution in [0.2, 0.25) is 0 Å². The molecule has 0 aromatic heterocycles. The Hall–Kier alpha value is -0.520. The number of rotatable bonds is 3. The molecule has 0 N–H and O–H groups in total. The first kappa shape index (κ1) is 17.8. The van der Waals surface area contributed by atoms with Gasteiger partial charge < -0.3 is 0 Å². The van der Waals surface area contributed by atoms with Crippen LogP contribution in [-0.2, 0) is 0 Å². The van der Waals surface area contributed by atoms with Crippen molar-refractivity contribution < 1.29 is 0 Å². The van der Waals surface area contributed by atoms with Crippen LogP contribution in [0, 0.1) is 21.7 Å². The van der Waals surface area contributed by atoms with Crippen molar-refractivity contribution in [2.45, 2.75) is 92.9 Å². The van der Waals surface area contributed by atoms with Crippen molar-refractivity contribution in [3.8, 4) is 0 Å². The molecule has 2 aliphatic carbocycles. The molecular weight excluding hydrogens is 264 g/mol. The van der Waals surface area contributed by atoms with Crippen LogP contribution >= 0.6 is 0 Å². The molecule has 2 rings (SSSR count). The zero-order valence-corrected chi connectivity index (χ0v) is 16.0. The van der Waals surface area contributed by atoms with Gasteiger partial charge in [-0.3, -0.25) is 0 Å². The highest BCUT2D eigenvalue weighted by Crippen LogP contribution is 2.61. The molecule has 22 heavy (non-hydrogen) atoms. The second kappa shape index (κ2) is 6.17. The van der Waals surface area contributed by atoms with Gasteiger partial charge in [0.25, 0.3) is 0 Å². The molecule has 0 amide bonds. The van der Waals surface area contributed by atoms with E-state index < -0.39 is 0 Å². The van der Waals surface area contributed by atoms with Gasteiger partial charge in [-0.05, 0) is 73.0 Å². The summed E-state index contributed by atoms with van der Waals surface area (Å²) in [4.78, 5) is 0. The molecule has 0 aromatic carbocycles. The standard InChI is InChI=1S/C22H38/c1-19(2,3)17-21(13-9-7-10-14-21)22(18-20(4,5)6)15-11-8-12-16-22/h7,9,11,15H,8,10,12-14,16-18H2,1-6H3. The summed E-state index contributed by atoms with van der Waals surface area (Å²) in [5, 5.41) is 0. The van der Waals surface area contributed by atoms with Gasteiger partial charge in [0.15, 0.2) is 0 Å². The van der Waals surface area contributed by atoms with Crippen molar-refractivity contribution in [1.82, 2.24) is 0 Å². The quantitative estimate of drug-likeness (QED) is 0.479. The van der Waals surface area contributed by atoms with Gasteiger partial charge in [-0.1, -0.05) is 65.8 Å². The van der Waals surface area contributed by atoms with Crippen molar-refractivity contribution in [2.24, 2.45) is 21.7 Å². The predicted molar refractivity (Wildman–Crippen MR) is 99.0 cm³/mol. The summed E-state index contributed by atoms with van der Waals surface area (Å²) in [7, 11) is 0. The van der Waals surface area contributed by atoms with Crippen molar-refractivity contribution >= 4 is 0 Å². The van der Waals surface area contributed by atoms with Gasteiger partial charge in [0.1, 0.15) is 0 Å². The highest BCUT2D eigenvalue weighted by molar-refractivity contribution is 5.17. The van der Waals surface area contributed by atoms with Crippen LogP contribution in [0.15, 0.2) is 24.3 Å². The lowest BCUT2D eigenvalue weighted by Crippen LogP contribution is -2.46. The number of hydrogen-bond acceptors (Lipinski definition) is 0. The Labute approximate surface area is 139 Å². The van der Waals surface area contributed by atoms with E-state index in [9.17, 15) is 0 Å². The number of hydrogen-bond donors (Lipinski definition) is 0. The Morgan fingerprint density at radius 2 is 1.45 bits per heavy atom. The van der Waals surface area contributed by atoms with Crippen molar-refractivity contribution in [2.75, 3.05) is 0 Å². The first-order valence-electron chi connectivity index (χ1n) is 9.40. The third kappa shape index (κ3) is 4.06. The third-order valence-electron chi connectivity index (χ3n) is 5.67. The molecule has 2 unspecified atom stereocenters.